The van der Waals surface area contributed by atoms with Crippen LogP contribution < -0.4 is 5.32 Å². The quantitative estimate of drug-likeness (QED) is 0.843. The van der Waals surface area contributed by atoms with Crippen molar-refractivity contribution in [2.45, 2.75) is 23.7 Å². The molecule has 21 heavy (non-hydrogen) atoms. The topological polar surface area (TPSA) is 42.0 Å². The number of anilines is 1. The summed E-state index contributed by atoms with van der Waals surface area (Å²) in [5.74, 6) is 0.220. The van der Waals surface area contributed by atoms with Gasteiger partial charge in [0, 0.05) is 22.9 Å². The van der Waals surface area contributed by atoms with E-state index in [-0.39, 0.29) is 5.91 Å². The molecule has 2 aromatic rings. The number of halogens is 3. The molecular weight excluding hydrogens is 321 g/mol. The van der Waals surface area contributed by atoms with Crippen molar-refractivity contribution in [2.24, 2.45) is 0 Å². The van der Waals surface area contributed by atoms with E-state index in [2.05, 4.69) is 10.3 Å². The van der Waals surface area contributed by atoms with Crippen LogP contribution in [0.5, 0.6) is 0 Å². The Balaban J connectivity index is 1.94. The zero-order valence-electron chi connectivity index (χ0n) is 10.9. The lowest BCUT2D eigenvalue weighted by atomic mass is 10.3. The Bertz CT molecular complexity index is 623. The van der Waals surface area contributed by atoms with Crippen molar-refractivity contribution in [1.29, 1.82) is 0 Å². The van der Waals surface area contributed by atoms with E-state index in [1.807, 2.05) is 0 Å². The molecule has 1 heterocycles. The monoisotopic (exact) mass is 332 g/mol. The molecule has 0 unspecified atom stereocenters. The minimum atomic E-state index is -4.39. The van der Waals surface area contributed by atoms with E-state index in [4.69, 9.17) is 0 Å². The molecule has 0 saturated heterocycles. The number of nitrogens with one attached hydrogen (secondary N) is 1. The van der Waals surface area contributed by atoms with Crippen LogP contribution in [0.2, 0.25) is 0 Å². The summed E-state index contributed by atoms with van der Waals surface area (Å²) in [5.41, 5.74) is -0.162. The molecule has 8 heteroatoms. The first-order valence-corrected chi connectivity index (χ1v) is 7.73. The van der Waals surface area contributed by atoms with Crippen LogP contribution in [0, 0.1) is 0 Å². The minimum absolute atomic E-state index is 0.155. The number of benzene rings is 1. The van der Waals surface area contributed by atoms with Crippen molar-refractivity contribution in [3.8, 4) is 0 Å². The summed E-state index contributed by atoms with van der Waals surface area (Å²) >= 11 is 2.39. The molecule has 0 bridgehead atoms. The van der Waals surface area contributed by atoms with Crippen LogP contribution in [0.3, 0.4) is 0 Å². The highest BCUT2D eigenvalue weighted by molar-refractivity contribution is 7.98. The van der Waals surface area contributed by atoms with Gasteiger partial charge in [-0.05, 0) is 24.3 Å². The third-order valence-corrected chi connectivity index (χ3v) is 4.43. The van der Waals surface area contributed by atoms with E-state index in [0.717, 1.165) is 21.6 Å². The van der Waals surface area contributed by atoms with Gasteiger partial charge in [-0.2, -0.15) is 13.2 Å². The van der Waals surface area contributed by atoms with Crippen LogP contribution in [0.4, 0.5) is 18.9 Å². The fourth-order valence-corrected chi connectivity index (χ4v) is 3.21. The predicted molar refractivity (Wildman–Crippen MR) is 77.4 cm³/mol. The fourth-order valence-electron chi connectivity index (χ4n) is 1.49. The highest BCUT2D eigenvalue weighted by Gasteiger charge is 2.33. The lowest BCUT2D eigenvalue weighted by molar-refractivity contribution is -0.140. The SMILES string of the molecule is CC(=O)Nc1ccc(SCc2nc(C(F)(F)F)cs2)cc1. The van der Waals surface area contributed by atoms with E-state index in [0.29, 0.717) is 16.4 Å². The van der Waals surface area contributed by atoms with Crippen LogP contribution >= 0.6 is 23.1 Å². The zero-order valence-corrected chi connectivity index (χ0v) is 12.5. The number of carbonyl (C=O) groups excluding carboxylic acids is 1. The summed E-state index contributed by atoms with van der Waals surface area (Å²) in [6.07, 6.45) is -4.39. The number of amides is 1. The van der Waals surface area contributed by atoms with Gasteiger partial charge >= 0.3 is 6.18 Å². The normalized spacial score (nSPS) is 11.4. The lowest BCUT2D eigenvalue weighted by Gasteiger charge is -2.04. The Morgan fingerprint density at radius 1 is 1.33 bits per heavy atom. The fraction of sp³-hybridized carbons (Fsp3) is 0.231. The van der Waals surface area contributed by atoms with Crippen molar-refractivity contribution in [3.05, 3.63) is 40.3 Å². The molecular formula is C13H11F3N2OS2. The van der Waals surface area contributed by atoms with Crippen molar-refractivity contribution >= 4 is 34.7 Å². The second-order valence-electron chi connectivity index (χ2n) is 4.12. The molecule has 1 amide bonds. The van der Waals surface area contributed by atoms with E-state index in [1.165, 1.54) is 18.7 Å². The number of thiazole rings is 1. The molecule has 3 nitrogen and oxygen atoms in total. The zero-order chi connectivity index (χ0) is 15.5. The van der Waals surface area contributed by atoms with Gasteiger partial charge in [0.1, 0.15) is 5.01 Å². The van der Waals surface area contributed by atoms with Crippen molar-refractivity contribution in [2.75, 3.05) is 5.32 Å². The summed E-state index contributed by atoms with van der Waals surface area (Å²) in [6.45, 7) is 1.42. The van der Waals surface area contributed by atoms with Crippen molar-refractivity contribution in [3.63, 3.8) is 0 Å². The van der Waals surface area contributed by atoms with Gasteiger partial charge in [-0.25, -0.2) is 4.98 Å². The molecule has 0 aliphatic rings. The first-order chi connectivity index (χ1) is 9.84. The molecule has 1 aromatic carbocycles. The van der Waals surface area contributed by atoms with Gasteiger partial charge in [0.05, 0.1) is 5.75 Å². The molecule has 2 rings (SSSR count). The molecule has 1 N–H and O–H groups in total. The summed E-state index contributed by atoms with van der Waals surface area (Å²) in [7, 11) is 0. The minimum Gasteiger partial charge on any atom is -0.326 e. The molecule has 0 radical (unpaired) electrons. The number of hydrogen-bond acceptors (Lipinski definition) is 4. The number of thioether (sulfide) groups is 1. The molecule has 112 valence electrons. The first kappa shape index (κ1) is 15.8. The number of carbonyl (C=O) groups is 1. The van der Waals surface area contributed by atoms with E-state index >= 15 is 0 Å². The van der Waals surface area contributed by atoms with E-state index < -0.39 is 11.9 Å². The average molecular weight is 332 g/mol. The largest absolute Gasteiger partial charge is 0.434 e. The molecule has 1 aromatic heterocycles. The maximum Gasteiger partial charge on any atom is 0.434 e. The Labute approximate surface area is 127 Å². The van der Waals surface area contributed by atoms with Crippen LogP contribution in [-0.4, -0.2) is 10.9 Å². The summed E-state index contributed by atoms with van der Waals surface area (Å²) in [6, 6.07) is 7.09. The molecule has 0 atom stereocenters. The lowest BCUT2D eigenvalue weighted by Crippen LogP contribution is -2.05. The maximum atomic E-state index is 12.4. The Morgan fingerprint density at radius 2 is 2.00 bits per heavy atom. The Kier molecular flexibility index (Phi) is 4.89. The van der Waals surface area contributed by atoms with Gasteiger partial charge in [-0.1, -0.05) is 0 Å². The number of alkyl halides is 3. The van der Waals surface area contributed by atoms with Gasteiger partial charge in [0.25, 0.3) is 0 Å². The van der Waals surface area contributed by atoms with E-state index in [9.17, 15) is 18.0 Å². The van der Waals surface area contributed by atoms with Crippen LogP contribution in [0.25, 0.3) is 0 Å². The van der Waals surface area contributed by atoms with Gasteiger partial charge in [0.2, 0.25) is 5.91 Å². The number of hydrogen-bond donors (Lipinski definition) is 1. The highest BCUT2D eigenvalue weighted by Crippen LogP contribution is 2.32. The van der Waals surface area contributed by atoms with Gasteiger partial charge < -0.3 is 5.32 Å². The number of rotatable bonds is 4. The average Bonchev–Trinajstić information content (AvgIpc) is 2.86. The van der Waals surface area contributed by atoms with Gasteiger partial charge in [-0.15, -0.1) is 23.1 Å². The third kappa shape index (κ3) is 4.75. The summed E-state index contributed by atoms with van der Waals surface area (Å²) < 4.78 is 37.2. The highest BCUT2D eigenvalue weighted by atomic mass is 32.2. The molecule has 0 fully saturated rings. The first-order valence-electron chi connectivity index (χ1n) is 5.86. The molecule has 0 saturated carbocycles. The Hall–Kier alpha value is -1.54. The Morgan fingerprint density at radius 3 is 2.52 bits per heavy atom. The second kappa shape index (κ2) is 6.48. The third-order valence-electron chi connectivity index (χ3n) is 2.38. The second-order valence-corrected chi connectivity index (χ2v) is 6.11. The van der Waals surface area contributed by atoms with Gasteiger partial charge in [-0.3, -0.25) is 4.79 Å². The summed E-state index contributed by atoms with van der Waals surface area (Å²) in [5, 5.41) is 4.09. The van der Waals surface area contributed by atoms with Crippen molar-refractivity contribution in [1.82, 2.24) is 4.98 Å². The maximum absolute atomic E-state index is 12.4. The number of aromatic nitrogens is 1. The van der Waals surface area contributed by atoms with Crippen molar-refractivity contribution < 1.29 is 18.0 Å². The summed E-state index contributed by atoms with van der Waals surface area (Å²) in [4.78, 5) is 15.3. The van der Waals surface area contributed by atoms with Crippen LogP contribution in [-0.2, 0) is 16.7 Å². The molecule has 0 aliphatic carbocycles. The van der Waals surface area contributed by atoms with E-state index in [1.54, 1.807) is 24.3 Å². The molecule has 0 aliphatic heterocycles. The number of nitrogens with zero attached hydrogens (tertiary/aromatic N) is 1. The van der Waals surface area contributed by atoms with Crippen LogP contribution in [0.15, 0.2) is 34.5 Å². The predicted octanol–water partition coefficient (Wildman–Crippen LogP) is 4.41. The van der Waals surface area contributed by atoms with Crippen LogP contribution in [0.1, 0.15) is 17.6 Å². The smallest absolute Gasteiger partial charge is 0.326 e. The molecule has 0 spiro atoms. The van der Waals surface area contributed by atoms with Gasteiger partial charge in [0.15, 0.2) is 5.69 Å². The standard InChI is InChI=1S/C13H11F3N2OS2/c1-8(19)17-9-2-4-10(5-3-9)20-7-12-18-11(6-21-12)13(14,15)16/h2-6H,7H2,1H3,(H,17,19).